The lowest BCUT2D eigenvalue weighted by Gasteiger charge is -2.62. The highest BCUT2D eigenvalue weighted by atomic mass is 16.4. The molecule has 0 saturated heterocycles. The molecule has 4 nitrogen and oxygen atoms in total. The molecule has 0 aliphatic heterocycles. The molecule has 0 aromatic heterocycles. The van der Waals surface area contributed by atoms with Crippen molar-refractivity contribution in [2.75, 3.05) is 0 Å². The van der Waals surface area contributed by atoms with Crippen LogP contribution in [0.2, 0.25) is 0 Å². The van der Waals surface area contributed by atoms with Crippen molar-refractivity contribution in [2.45, 2.75) is 111 Å². The average molecular weight is 435 g/mol. The smallest absolute Gasteiger partial charge is 0.306 e. The molecular formula is C27H46O4. The van der Waals surface area contributed by atoms with E-state index in [1.54, 1.807) is 0 Å². The fraction of sp³-hybridized carbons (Fsp3) is 0.963. The highest BCUT2D eigenvalue weighted by Crippen LogP contribution is 2.68. The minimum Gasteiger partial charge on any atom is -0.481 e. The lowest BCUT2D eigenvalue weighted by Crippen LogP contribution is -2.58. The van der Waals surface area contributed by atoms with E-state index in [0.717, 1.165) is 44.9 Å². The van der Waals surface area contributed by atoms with Gasteiger partial charge < -0.3 is 15.3 Å². The minimum absolute atomic E-state index is 0.170. The number of rotatable bonds is 6. The number of carbonyl (C=O) groups is 1. The molecule has 11 atom stereocenters. The van der Waals surface area contributed by atoms with Crippen molar-refractivity contribution in [1.82, 2.24) is 0 Å². The maximum atomic E-state index is 11.3. The summed E-state index contributed by atoms with van der Waals surface area (Å²) >= 11 is 0. The molecule has 4 saturated carbocycles. The van der Waals surface area contributed by atoms with Crippen LogP contribution in [0.25, 0.3) is 0 Å². The summed E-state index contributed by atoms with van der Waals surface area (Å²) in [5.41, 5.74) is 0.610. The number of aliphatic carboxylic acids is 1. The van der Waals surface area contributed by atoms with Crippen LogP contribution in [0.5, 0.6) is 0 Å². The van der Waals surface area contributed by atoms with E-state index in [0.29, 0.717) is 46.3 Å². The molecule has 4 fully saturated rings. The molecule has 4 aliphatic carbocycles. The second-order valence-electron chi connectivity index (χ2n) is 12.6. The molecule has 178 valence electrons. The molecule has 4 heteroatoms. The van der Waals surface area contributed by atoms with Crippen LogP contribution in [0.3, 0.4) is 0 Å². The Balaban J connectivity index is 1.46. The number of hydrogen-bond acceptors (Lipinski definition) is 3. The van der Waals surface area contributed by atoms with E-state index in [1.807, 2.05) is 6.92 Å². The van der Waals surface area contributed by atoms with Gasteiger partial charge in [0.2, 0.25) is 0 Å². The number of fused-ring (bicyclic) bond motifs is 5. The maximum Gasteiger partial charge on any atom is 0.306 e. The monoisotopic (exact) mass is 434 g/mol. The topological polar surface area (TPSA) is 77.8 Å². The third-order valence-corrected chi connectivity index (χ3v) is 11.1. The molecule has 31 heavy (non-hydrogen) atoms. The van der Waals surface area contributed by atoms with Crippen molar-refractivity contribution in [2.24, 2.45) is 52.3 Å². The second kappa shape index (κ2) is 8.63. The van der Waals surface area contributed by atoms with E-state index in [2.05, 4.69) is 20.8 Å². The van der Waals surface area contributed by atoms with Gasteiger partial charge in [-0.1, -0.05) is 40.5 Å². The second-order valence-corrected chi connectivity index (χ2v) is 12.6. The molecule has 4 aliphatic rings. The molecule has 3 N–H and O–H groups in total. The van der Waals surface area contributed by atoms with E-state index < -0.39 is 5.97 Å². The fourth-order valence-corrected chi connectivity index (χ4v) is 9.25. The van der Waals surface area contributed by atoms with Crippen molar-refractivity contribution in [3.05, 3.63) is 0 Å². The molecular weight excluding hydrogens is 388 g/mol. The zero-order valence-electron chi connectivity index (χ0n) is 20.2. The lowest BCUT2D eigenvalue weighted by molar-refractivity contribution is -0.174. The SMILES string of the molecule is CC(CCC[C@@H](C)[C@H]1CC[C@H]2[C@@H]3[C@@H](O)C[C@@H]4C[C@@H](O)CC[C@]4(C)[C@H]3CC[C@]12C)C(=O)O. The summed E-state index contributed by atoms with van der Waals surface area (Å²) in [6.07, 6.45) is 11.4. The first kappa shape index (κ1) is 23.5. The van der Waals surface area contributed by atoms with Crippen LogP contribution in [0, 0.1) is 52.3 Å². The van der Waals surface area contributed by atoms with Crippen molar-refractivity contribution in [3.8, 4) is 0 Å². The van der Waals surface area contributed by atoms with Gasteiger partial charge in [0.25, 0.3) is 0 Å². The first-order chi connectivity index (χ1) is 14.6. The predicted molar refractivity (Wildman–Crippen MR) is 122 cm³/mol. The Kier molecular flexibility index (Phi) is 6.55. The number of aliphatic hydroxyl groups excluding tert-OH is 2. The zero-order chi connectivity index (χ0) is 22.6. The van der Waals surface area contributed by atoms with Crippen molar-refractivity contribution >= 4 is 5.97 Å². The summed E-state index contributed by atoms with van der Waals surface area (Å²) in [6.45, 7) is 9.22. The average Bonchev–Trinajstić information content (AvgIpc) is 3.06. The van der Waals surface area contributed by atoms with Gasteiger partial charge in [0.15, 0.2) is 0 Å². The number of carboxylic acid groups (broad SMARTS) is 1. The van der Waals surface area contributed by atoms with Crippen LogP contribution in [-0.4, -0.2) is 33.5 Å². The van der Waals surface area contributed by atoms with Crippen LogP contribution >= 0.6 is 0 Å². The fourth-order valence-electron chi connectivity index (χ4n) is 9.25. The number of hydrogen-bond donors (Lipinski definition) is 3. The number of carboxylic acids is 1. The van der Waals surface area contributed by atoms with Crippen molar-refractivity contribution in [1.29, 1.82) is 0 Å². The predicted octanol–water partition coefficient (Wildman–Crippen LogP) is 5.50. The van der Waals surface area contributed by atoms with Gasteiger partial charge >= 0.3 is 5.97 Å². The Bertz CT molecular complexity index is 664. The molecule has 0 aromatic rings. The third kappa shape index (κ3) is 3.98. The van der Waals surface area contributed by atoms with E-state index in [4.69, 9.17) is 5.11 Å². The molecule has 0 bridgehead atoms. The Morgan fingerprint density at radius 2 is 1.61 bits per heavy atom. The van der Waals surface area contributed by atoms with Crippen LogP contribution in [0.1, 0.15) is 98.3 Å². The Hall–Kier alpha value is -0.610. The molecule has 1 unspecified atom stereocenters. The largest absolute Gasteiger partial charge is 0.481 e. The summed E-state index contributed by atoms with van der Waals surface area (Å²) in [6, 6.07) is 0. The van der Waals surface area contributed by atoms with Crippen LogP contribution in [-0.2, 0) is 4.79 Å². The highest BCUT2D eigenvalue weighted by molar-refractivity contribution is 5.69. The molecule has 0 spiro atoms. The first-order valence-electron chi connectivity index (χ1n) is 13.2. The first-order valence-corrected chi connectivity index (χ1v) is 13.2. The summed E-state index contributed by atoms with van der Waals surface area (Å²) < 4.78 is 0. The van der Waals surface area contributed by atoms with Crippen LogP contribution in [0.15, 0.2) is 0 Å². The highest BCUT2D eigenvalue weighted by Gasteiger charge is 2.62. The van der Waals surface area contributed by atoms with Gasteiger partial charge in [0.1, 0.15) is 0 Å². The van der Waals surface area contributed by atoms with Gasteiger partial charge in [-0.05, 0) is 104 Å². The summed E-state index contributed by atoms with van der Waals surface area (Å²) in [5.74, 6) is 2.55. The van der Waals surface area contributed by atoms with Gasteiger partial charge in [-0.3, -0.25) is 4.79 Å². The van der Waals surface area contributed by atoms with Crippen molar-refractivity contribution < 1.29 is 20.1 Å². The summed E-state index contributed by atoms with van der Waals surface area (Å²) in [4.78, 5) is 11.1. The van der Waals surface area contributed by atoms with E-state index in [-0.39, 0.29) is 18.1 Å². The maximum absolute atomic E-state index is 11.3. The van der Waals surface area contributed by atoms with Gasteiger partial charge in [0.05, 0.1) is 18.1 Å². The molecule has 0 aromatic carbocycles. The minimum atomic E-state index is -0.674. The number of aliphatic hydroxyl groups is 2. The van der Waals surface area contributed by atoms with E-state index >= 15 is 0 Å². The Morgan fingerprint density at radius 3 is 2.32 bits per heavy atom. The van der Waals surface area contributed by atoms with E-state index in [1.165, 1.54) is 25.7 Å². The van der Waals surface area contributed by atoms with Gasteiger partial charge in [-0.15, -0.1) is 0 Å². The van der Waals surface area contributed by atoms with Crippen LogP contribution in [0.4, 0.5) is 0 Å². The molecule has 0 heterocycles. The summed E-state index contributed by atoms with van der Waals surface area (Å²) in [7, 11) is 0. The molecule has 4 rings (SSSR count). The Morgan fingerprint density at radius 1 is 0.935 bits per heavy atom. The van der Waals surface area contributed by atoms with Gasteiger partial charge in [-0.25, -0.2) is 0 Å². The zero-order valence-corrected chi connectivity index (χ0v) is 20.2. The van der Waals surface area contributed by atoms with Gasteiger partial charge in [-0.2, -0.15) is 0 Å². The van der Waals surface area contributed by atoms with Crippen LogP contribution < -0.4 is 0 Å². The molecule has 0 radical (unpaired) electrons. The summed E-state index contributed by atoms with van der Waals surface area (Å²) in [5, 5.41) is 30.8. The quantitative estimate of drug-likeness (QED) is 0.515. The Labute approximate surface area is 189 Å². The van der Waals surface area contributed by atoms with Gasteiger partial charge in [0, 0.05) is 0 Å². The molecule has 0 amide bonds. The lowest BCUT2D eigenvalue weighted by atomic mass is 9.43. The van der Waals surface area contributed by atoms with E-state index in [9.17, 15) is 15.0 Å². The third-order valence-electron chi connectivity index (χ3n) is 11.1. The van der Waals surface area contributed by atoms with Crippen molar-refractivity contribution in [3.63, 3.8) is 0 Å². The normalized spacial score (nSPS) is 48.9. The standard InChI is InChI=1S/C27H46O4/c1-16(6-5-7-17(2)25(30)31)20-8-9-21-24-22(11-13-27(20,21)4)26(3)12-10-19(28)14-18(26)15-23(24)29/h16-24,28-29H,5-15H2,1-4H3,(H,30,31)/t16-,17?,18+,19+,20-,21+,22+,23+,24+,26+,27-/m1/s1.